The molecule has 1 aromatic heterocycles. The molecule has 0 unspecified atom stereocenters. The first-order chi connectivity index (χ1) is 9.72. The lowest BCUT2D eigenvalue weighted by atomic mass is 10.1. The van der Waals surface area contributed by atoms with Crippen molar-refractivity contribution in [3.05, 3.63) is 53.7 Å². The molecular weight excluding hydrogens is 256 g/mol. The van der Waals surface area contributed by atoms with E-state index in [2.05, 4.69) is 15.5 Å². The molecule has 0 fully saturated rings. The van der Waals surface area contributed by atoms with E-state index in [1.165, 1.54) is 0 Å². The van der Waals surface area contributed by atoms with Crippen LogP contribution in [0.4, 0.5) is 5.69 Å². The summed E-state index contributed by atoms with van der Waals surface area (Å²) in [5, 5.41) is 14.8. The van der Waals surface area contributed by atoms with Crippen LogP contribution in [0.3, 0.4) is 0 Å². The molecule has 0 aliphatic carbocycles. The molecule has 0 amide bonds. The second-order valence-electron chi connectivity index (χ2n) is 4.12. The highest BCUT2D eigenvalue weighted by Gasteiger charge is 2.00. The van der Waals surface area contributed by atoms with E-state index in [0.29, 0.717) is 18.0 Å². The Bertz CT molecular complexity index is 579. The lowest BCUT2D eigenvalue weighted by molar-refractivity contribution is 0.318. The number of nitrogens with zero attached hydrogens (tertiary/aromatic N) is 2. The van der Waals surface area contributed by atoms with E-state index >= 15 is 0 Å². The average molecular weight is 272 g/mol. The van der Waals surface area contributed by atoms with Crippen LogP contribution >= 0.6 is 0 Å². The van der Waals surface area contributed by atoms with Gasteiger partial charge >= 0.3 is 0 Å². The SMILES string of the molecule is COc1ccc(NCc2ccc(C(N)=NO)cc2)cn1. The van der Waals surface area contributed by atoms with Crippen LogP contribution in [-0.4, -0.2) is 23.1 Å². The monoisotopic (exact) mass is 272 g/mol. The predicted molar refractivity (Wildman–Crippen MR) is 77.1 cm³/mol. The quantitative estimate of drug-likeness (QED) is 0.334. The van der Waals surface area contributed by atoms with Crippen molar-refractivity contribution in [3.63, 3.8) is 0 Å². The average Bonchev–Trinajstić information content (AvgIpc) is 2.53. The fourth-order valence-corrected chi connectivity index (χ4v) is 1.66. The van der Waals surface area contributed by atoms with Gasteiger partial charge in [-0.25, -0.2) is 4.98 Å². The number of anilines is 1. The van der Waals surface area contributed by atoms with Gasteiger partial charge < -0.3 is 21.0 Å². The van der Waals surface area contributed by atoms with Crippen molar-refractivity contribution in [2.45, 2.75) is 6.54 Å². The van der Waals surface area contributed by atoms with Gasteiger partial charge in [-0.05, 0) is 11.6 Å². The Morgan fingerprint density at radius 2 is 2.05 bits per heavy atom. The third-order valence-corrected chi connectivity index (χ3v) is 2.80. The third kappa shape index (κ3) is 3.38. The molecule has 1 heterocycles. The van der Waals surface area contributed by atoms with Gasteiger partial charge in [0, 0.05) is 18.2 Å². The van der Waals surface area contributed by atoms with Crippen molar-refractivity contribution in [1.82, 2.24) is 4.98 Å². The van der Waals surface area contributed by atoms with E-state index in [-0.39, 0.29) is 5.84 Å². The van der Waals surface area contributed by atoms with Crippen LogP contribution in [0.5, 0.6) is 5.88 Å². The molecule has 0 bridgehead atoms. The van der Waals surface area contributed by atoms with Gasteiger partial charge in [-0.15, -0.1) is 0 Å². The zero-order chi connectivity index (χ0) is 14.4. The molecule has 104 valence electrons. The van der Waals surface area contributed by atoms with Crippen molar-refractivity contribution in [2.75, 3.05) is 12.4 Å². The maximum Gasteiger partial charge on any atom is 0.213 e. The molecule has 0 radical (unpaired) electrons. The summed E-state index contributed by atoms with van der Waals surface area (Å²) in [6, 6.07) is 11.1. The lowest BCUT2D eigenvalue weighted by Gasteiger charge is -2.07. The minimum atomic E-state index is 0.101. The van der Waals surface area contributed by atoms with Gasteiger partial charge in [-0.1, -0.05) is 29.4 Å². The van der Waals surface area contributed by atoms with Gasteiger partial charge in [0.2, 0.25) is 5.88 Å². The summed E-state index contributed by atoms with van der Waals surface area (Å²) in [6.07, 6.45) is 1.71. The third-order valence-electron chi connectivity index (χ3n) is 2.80. The number of nitrogens with two attached hydrogens (primary N) is 1. The highest BCUT2D eigenvalue weighted by atomic mass is 16.5. The maximum atomic E-state index is 8.59. The Morgan fingerprint density at radius 1 is 1.30 bits per heavy atom. The standard InChI is InChI=1S/C14H16N4O2/c1-20-13-7-6-12(9-17-13)16-8-10-2-4-11(5-3-10)14(15)18-19/h2-7,9,16,19H,8H2,1H3,(H2,15,18). The molecule has 0 saturated carbocycles. The van der Waals surface area contributed by atoms with Gasteiger partial charge in [0.15, 0.2) is 5.84 Å². The smallest absolute Gasteiger partial charge is 0.213 e. The fraction of sp³-hybridized carbons (Fsp3) is 0.143. The van der Waals surface area contributed by atoms with Crippen LogP contribution in [0.1, 0.15) is 11.1 Å². The molecule has 2 rings (SSSR count). The van der Waals surface area contributed by atoms with Crippen molar-refractivity contribution in [3.8, 4) is 5.88 Å². The summed E-state index contributed by atoms with van der Waals surface area (Å²) >= 11 is 0. The van der Waals surface area contributed by atoms with E-state index < -0.39 is 0 Å². The summed E-state index contributed by atoms with van der Waals surface area (Å²) in [7, 11) is 1.58. The summed E-state index contributed by atoms with van der Waals surface area (Å²) in [6.45, 7) is 0.657. The fourth-order valence-electron chi connectivity index (χ4n) is 1.66. The molecule has 2 aromatic rings. The molecule has 0 spiro atoms. The summed E-state index contributed by atoms with van der Waals surface area (Å²) in [5.74, 6) is 0.683. The first-order valence-electron chi connectivity index (χ1n) is 6.03. The molecule has 20 heavy (non-hydrogen) atoms. The van der Waals surface area contributed by atoms with Crippen LogP contribution in [0, 0.1) is 0 Å². The van der Waals surface area contributed by atoms with Crippen molar-refractivity contribution >= 4 is 11.5 Å². The topological polar surface area (TPSA) is 92.8 Å². The Kier molecular flexibility index (Phi) is 4.39. The van der Waals surface area contributed by atoms with E-state index in [1.807, 2.05) is 18.2 Å². The van der Waals surface area contributed by atoms with Gasteiger partial charge in [0.25, 0.3) is 0 Å². The predicted octanol–water partition coefficient (Wildman–Crippen LogP) is 1.80. The number of pyridine rings is 1. The summed E-state index contributed by atoms with van der Waals surface area (Å²) in [4.78, 5) is 4.11. The van der Waals surface area contributed by atoms with Gasteiger partial charge in [-0.3, -0.25) is 0 Å². The molecular formula is C14H16N4O2. The molecule has 1 aromatic carbocycles. The normalized spacial score (nSPS) is 11.2. The van der Waals surface area contributed by atoms with E-state index in [1.54, 1.807) is 31.5 Å². The minimum absolute atomic E-state index is 0.101. The van der Waals surface area contributed by atoms with E-state index in [9.17, 15) is 0 Å². The number of amidine groups is 1. The highest BCUT2D eigenvalue weighted by molar-refractivity contribution is 5.96. The number of benzene rings is 1. The van der Waals surface area contributed by atoms with Gasteiger partial charge in [0.1, 0.15) is 0 Å². The zero-order valence-electron chi connectivity index (χ0n) is 11.1. The van der Waals surface area contributed by atoms with Crippen LogP contribution < -0.4 is 15.8 Å². The first kappa shape index (κ1) is 13.7. The van der Waals surface area contributed by atoms with Gasteiger partial charge in [0.05, 0.1) is 19.0 Å². The second kappa shape index (κ2) is 6.42. The van der Waals surface area contributed by atoms with Gasteiger partial charge in [-0.2, -0.15) is 0 Å². The number of oxime groups is 1. The summed E-state index contributed by atoms with van der Waals surface area (Å²) < 4.78 is 5.00. The van der Waals surface area contributed by atoms with Crippen molar-refractivity contribution < 1.29 is 9.94 Å². The van der Waals surface area contributed by atoms with Crippen LogP contribution in [-0.2, 0) is 6.54 Å². The minimum Gasteiger partial charge on any atom is -0.481 e. The van der Waals surface area contributed by atoms with E-state index in [0.717, 1.165) is 11.3 Å². The number of hydrogen-bond donors (Lipinski definition) is 3. The molecule has 6 nitrogen and oxygen atoms in total. The lowest BCUT2D eigenvalue weighted by Crippen LogP contribution is -2.13. The molecule has 0 saturated heterocycles. The number of nitrogens with one attached hydrogen (secondary N) is 1. The molecule has 0 aliphatic heterocycles. The largest absolute Gasteiger partial charge is 0.481 e. The molecule has 6 heteroatoms. The first-order valence-corrected chi connectivity index (χ1v) is 6.03. The Labute approximate surface area is 116 Å². The van der Waals surface area contributed by atoms with Crippen molar-refractivity contribution in [2.24, 2.45) is 10.9 Å². The van der Waals surface area contributed by atoms with Crippen molar-refractivity contribution in [1.29, 1.82) is 0 Å². The number of hydrogen-bond acceptors (Lipinski definition) is 5. The van der Waals surface area contributed by atoms with Crippen LogP contribution in [0.15, 0.2) is 47.8 Å². The maximum absolute atomic E-state index is 8.59. The molecule has 0 aliphatic rings. The number of aromatic nitrogens is 1. The second-order valence-corrected chi connectivity index (χ2v) is 4.12. The zero-order valence-corrected chi connectivity index (χ0v) is 11.1. The molecule has 4 N–H and O–H groups in total. The Morgan fingerprint density at radius 3 is 2.60 bits per heavy atom. The number of methoxy groups -OCH3 is 1. The Balaban J connectivity index is 1.96. The van der Waals surface area contributed by atoms with Crippen LogP contribution in [0.25, 0.3) is 0 Å². The van der Waals surface area contributed by atoms with E-state index in [4.69, 9.17) is 15.7 Å². The number of ether oxygens (including phenoxy) is 1. The van der Waals surface area contributed by atoms with Crippen LogP contribution in [0.2, 0.25) is 0 Å². The number of rotatable bonds is 5. The summed E-state index contributed by atoms with van der Waals surface area (Å²) in [5.41, 5.74) is 8.17. The Hall–Kier alpha value is -2.76. The highest BCUT2D eigenvalue weighted by Crippen LogP contribution is 2.12. The molecule has 0 atom stereocenters.